The third-order valence-electron chi connectivity index (χ3n) is 15.4. The van der Waals surface area contributed by atoms with Crippen molar-refractivity contribution >= 4 is 134 Å². The maximum Gasteiger partial charge on any atom is 0.280 e. The minimum atomic E-state index is -3.89. The molecule has 96 heavy (non-hydrogen) atoms. The molecule has 516 valence electrons. The average Bonchev–Trinajstić information content (AvgIpc) is 0.936. The molecule has 24 nitrogen and oxygen atoms in total. The summed E-state index contributed by atoms with van der Waals surface area (Å²) in [5.41, 5.74) is 6.31. The molecular weight excluding hydrogens is 1430 g/mol. The number of aryl methyl sites for hydroxylation is 3. The number of hydrogen-bond acceptors (Lipinski definition) is 15. The highest BCUT2D eigenvalue weighted by molar-refractivity contribution is 7.87. The van der Waals surface area contributed by atoms with Gasteiger partial charge in [0, 0.05) is 107 Å². The highest BCUT2D eigenvalue weighted by Gasteiger charge is 2.44. The molecule has 9 heterocycles. The number of benzene rings is 3. The van der Waals surface area contributed by atoms with Gasteiger partial charge < -0.3 is 29.7 Å². The SMILES string of the molecule is C.C.C.CN1C(C(=O)Nc2ccc(F)c(Cl)c2)CC(c2cc(-c3cncn3C)cs2)NS1(=O)=O.CN1[C@@H](C(=O)Nc2ccc(F)c(Cl)c2)C[C@@H](c2cc(-c3cncn3C)cs2)NS1(=O)=O.CN1[C@H](C(=O)Nc2ccc(F)c(Cl)c2)C[C@H](c2cc(-c3cncn3C)cs2)NS1(=O)=O. The van der Waals surface area contributed by atoms with Crippen LogP contribution in [0.5, 0.6) is 0 Å². The predicted octanol–water partition coefficient (Wildman–Crippen LogP) is 11.4. The number of thiophene rings is 3. The fourth-order valence-electron chi connectivity index (χ4n) is 10.2. The van der Waals surface area contributed by atoms with Crippen molar-refractivity contribution in [1.82, 2.24) is 55.7 Å². The molecule has 3 aromatic carbocycles. The lowest BCUT2D eigenvalue weighted by molar-refractivity contribution is -0.120. The van der Waals surface area contributed by atoms with Crippen LogP contribution in [-0.4, -0.2) is 124 Å². The lowest BCUT2D eigenvalue weighted by Gasteiger charge is -2.35. The van der Waals surface area contributed by atoms with Crippen LogP contribution in [0.15, 0.2) is 127 Å². The summed E-state index contributed by atoms with van der Waals surface area (Å²) in [6.07, 6.45) is 10.9. The van der Waals surface area contributed by atoms with Gasteiger partial charge in [0.25, 0.3) is 30.6 Å². The predicted molar refractivity (Wildman–Crippen MR) is 373 cm³/mol. The van der Waals surface area contributed by atoms with E-state index in [1.807, 2.05) is 69.2 Å². The molecule has 0 saturated carbocycles. The summed E-state index contributed by atoms with van der Waals surface area (Å²) in [7, 11) is -2.01. The molecule has 36 heteroatoms. The van der Waals surface area contributed by atoms with Crippen molar-refractivity contribution in [3.63, 3.8) is 0 Å². The Morgan fingerprint density at radius 2 is 0.698 bits per heavy atom. The van der Waals surface area contributed by atoms with Crippen LogP contribution in [-0.2, 0) is 66.2 Å². The van der Waals surface area contributed by atoms with Crippen molar-refractivity contribution in [3.05, 3.63) is 174 Å². The number of likely N-dealkylation sites (N-methyl/N-ethyl adjacent to an activating group) is 3. The Morgan fingerprint density at radius 1 is 0.448 bits per heavy atom. The first-order valence-corrected chi connectivity index (χ1v) is 35.7. The summed E-state index contributed by atoms with van der Waals surface area (Å²) in [5.74, 6) is -3.40. The normalized spacial score (nSPS) is 20.5. The first-order valence-electron chi connectivity index (χ1n) is 27.7. The summed E-state index contributed by atoms with van der Waals surface area (Å²) in [5, 5.41) is 13.2. The Balaban J connectivity index is 0.000000200. The number of rotatable bonds is 12. The third kappa shape index (κ3) is 17.1. The maximum atomic E-state index is 13.4. The smallest absolute Gasteiger partial charge is 0.280 e. The summed E-state index contributed by atoms with van der Waals surface area (Å²) in [4.78, 5) is 53.3. The van der Waals surface area contributed by atoms with Crippen molar-refractivity contribution in [2.75, 3.05) is 37.1 Å². The van der Waals surface area contributed by atoms with E-state index in [-0.39, 0.29) is 73.7 Å². The van der Waals surface area contributed by atoms with Crippen molar-refractivity contribution in [1.29, 1.82) is 0 Å². The first kappa shape index (κ1) is 76.4. The molecule has 3 saturated heterocycles. The number of amides is 3. The third-order valence-corrected chi connectivity index (χ3v) is 24.2. The van der Waals surface area contributed by atoms with Gasteiger partial charge in [-0.25, -0.2) is 28.1 Å². The van der Waals surface area contributed by atoms with Crippen molar-refractivity contribution in [3.8, 4) is 33.8 Å². The summed E-state index contributed by atoms with van der Waals surface area (Å²) in [6, 6.07) is 12.5. The van der Waals surface area contributed by atoms with Crippen molar-refractivity contribution in [2.24, 2.45) is 21.1 Å². The lowest BCUT2D eigenvalue weighted by atomic mass is 10.0. The van der Waals surface area contributed by atoms with Gasteiger partial charge in [-0.3, -0.25) is 14.4 Å². The number of halogens is 6. The molecule has 0 bridgehead atoms. The number of nitrogens with one attached hydrogen (secondary N) is 6. The molecule has 9 aromatic rings. The fourth-order valence-corrected chi connectivity index (χ4v) is 17.7. The molecule has 0 spiro atoms. The van der Waals surface area contributed by atoms with E-state index in [9.17, 15) is 52.8 Å². The number of imidazole rings is 3. The number of hydrogen-bond donors (Lipinski definition) is 6. The van der Waals surface area contributed by atoms with Gasteiger partial charge in [0.05, 0.1) is 87.8 Å². The van der Waals surface area contributed by atoms with Crippen LogP contribution in [0, 0.1) is 17.5 Å². The Kier molecular flexibility index (Phi) is 24.9. The standard InChI is InChI=1S/3C19H19ClFN5O3S2.3CH4/c3*1-25-10-22-8-17(25)11-5-18(30-9-11)15-7-16(26(2)31(28,29)24-15)19(27)23-12-3-4-14(21)13(20)6-12;;;/h3*3-6,8-10,15-16,24H,7H2,1-2H3,(H,23,27);3*1H4/t2*15-,16+;;;;/m10..../s1. The number of aromatic nitrogens is 6. The second-order valence-electron chi connectivity index (χ2n) is 21.6. The van der Waals surface area contributed by atoms with E-state index < -0.39 is 102 Å². The summed E-state index contributed by atoms with van der Waals surface area (Å²) in [6.45, 7) is 0. The molecule has 6 atom stereocenters. The van der Waals surface area contributed by atoms with Crippen LogP contribution in [0.25, 0.3) is 33.8 Å². The number of carbonyl (C=O) groups is 3. The van der Waals surface area contributed by atoms with E-state index in [1.54, 1.807) is 37.6 Å². The van der Waals surface area contributed by atoms with Gasteiger partial charge in [-0.05, 0) is 92.1 Å². The van der Waals surface area contributed by atoms with Gasteiger partial charge in [0.15, 0.2) is 0 Å². The van der Waals surface area contributed by atoms with Gasteiger partial charge in [-0.1, -0.05) is 57.1 Å². The molecule has 12 rings (SSSR count). The fraction of sp³-hybridized carbons (Fsp3) is 0.300. The molecule has 3 aliphatic heterocycles. The van der Waals surface area contributed by atoms with Gasteiger partial charge >= 0.3 is 0 Å². The van der Waals surface area contributed by atoms with Crippen LogP contribution in [0.3, 0.4) is 0 Å². The number of anilines is 3. The molecule has 3 amide bonds. The van der Waals surface area contributed by atoms with Crippen molar-refractivity contribution in [2.45, 2.75) is 77.8 Å². The molecule has 6 N–H and O–H groups in total. The minimum Gasteiger partial charge on any atom is -0.334 e. The summed E-state index contributed by atoms with van der Waals surface area (Å²) < 4.78 is 133. The van der Waals surface area contributed by atoms with E-state index in [2.05, 4.69) is 45.1 Å². The minimum absolute atomic E-state index is 0. The van der Waals surface area contributed by atoms with Crippen LogP contribution in [0.4, 0.5) is 30.2 Å². The van der Waals surface area contributed by atoms with Crippen molar-refractivity contribution < 1.29 is 52.8 Å². The van der Waals surface area contributed by atoms with Crippen LogP contribution >= 0.6 is 68.8 Å². The molecule has 3 aliphatic rings. The Morgan fingerprint density at radius 3 is 0.917 bits per heavy atom. The zero-order valence-corrected chi connectivity index (χ0v) is 56.8. The van der Waals surface area contributed by atoms with Gasteiger partial charge in [0.2, 0.25) is 17.7 Å². The highest BCUT2D eigenvalue weighted by Crippen LogP contribution is 2.39. The molecule has 6 aromatic heterocycles. The molecule has 0 aliphatic carbocycles. The first-order chi connectivity index (χ1) is 44.0. The molecule has 3 fully saturated rings. The van der Waals surface area contributed by atoms with E-state index in [0.717, 1.165) is 79.5 Å². The Hall–Kier alpha value is -6.93. The van der Waals surface area contributed by atoms with E-state index in [4.69, 9.17) is 34.8 Å². The van der Waals surface area contributed by atoms with Crippen LogP contribution < -0.4 is 30.1 Å². The van der Waals surface area contributed by atoms with E-state index >= 15 is 0 Å². The average molecular weight is 1500 g/mol. The molecule has 0 radical (unpaired) electrons. The molecular formula is C60H69Cl3F3N15O9S6. The molecule has 2 unspecified atom stereocenters. The van der Waals surface area contributed by atoms with E-state index in [0.29, 0.717) is 0 Å². The largest absolute Gasteiger partial charge is 0.334 e. The lowest BCUT2D eigenvalue weighted by Crippen LogP contribution is -2.55. The number of carbonyl (C=O) groups excluding carboxylic acids is 3. The monoisotopic (exact) mass is 1500 g/mol. The zero-order valence-electron chi connectivity index (χ0n) is 49.6. The number of nitrogens with zero attached hydrogens (tertiary/aromatic N) is 9. The second-order valence-corrected chi connectivity index (χ2v) is 30.9. The quantitative estimate of drug-likeness (QED) is 0.0666. The topological polar surface area (TPSA) is 289 Å². The second kappa shape index (κ2) is 31.3. The Labute approximate surface area is 582 Å². The van der Waals surface area contributed by atoms with Gasteiger partial charge in [-0.2, -0.15) is 52.3 Å². The maximum absolute atomic E-state index is 13.4. The van der Waals surface area contributed by atoms with Crippen LogP contribution in [0.1, 0.15) is 74.3 Å². The van der Waals surface area contributed by atoms with Gasteiger partial charge in [0.1, 0.15) is 35.6 Å². The summed E-state index contributed by atoms with van der Waals surface area (Å²) >= 11 is 21.5. The van der Waals surface area contributed by atoms with Gasteiger partial charge in [-0.15, -0.1) is 34.0 Å². The van der Waals surface area contributed by atoms with E-state index in [1.165, 1.54) is 91.6 Å². The Bertz CT molecular complexity index is 4190. The van der Waals surface area contributed by atoms with Crippen LogP contribution in [0.2, 0.25) is 15.1 Å². The highest BCUT2D eigenvalue weighted by atomic mass is 35.5. The zero-order chi connectivity index (χ0) is 67.0.